The molecule has 144 valence electrons. The molecule has 0 aromatic rings. The molecule has 3 heteroatoms. The van der Waals surface area contributed by atoms with Gasteiger partial charge in [0.25, 0.3) is 0 Å². The Morgan fingerprint density at radius 2 is 1.17 bits per heavy atom. The zero-order valence-corrected chi connectivity index (χ0v) is 16.4. The van der Waals surface area contributed by atoms with Crippen LogP contribution in [-0.2, 0) is 9.53 Å². The molecule has 0 bridgehead atoms. The van der Waals surface area contributed by atoms with Crippen molar-refractivity contribution >= 4 is 5.97 Å². The summed E-state index contributed by atoms with van der Waals surface area (Å²) in [5.74, 6) is -0.178. The van der Waals surface area contributed by atoms with Crippen molar-refractivity contribution in [2.75, 3.05) is 7.11 Å². The lowest BCUT2D eigenvalue weighted by Crippen LogP contribution is -2.08. The molecule has 3 nitrogen and oxygen atoms in total. The fourth-order valence-electron chi connectivity index (χ4n) is 3.13. The second-order valence-corrected chi connectivity index (χ2v) is 7.15. The quantitative estimate of drug-likeness (QED) is 0.239. The molecule has 0 aromatic carbocycles. The molecular weight excluding hydrogens is 300 g/mol. The summed E-state index contributed by atoms with van der Waals surface area (Å²) in [5, 5.41) is 9.86. The predicted octanol–water partition coefficient (Wildman–Crippen LogP) is 6.17. The molecular formula is C21H42O3. The molecule has 1 atom stereocenters. The SMILES string of the molecule is CCCCCCCCCCCCCCCC(O)CCCC(=O)OC. The van der Waals surface area contributed by atoms with Crippen molar-refractivity contribution in [2.45, 2.75) is 122 Å². The minimum absolute atomic E-state index is 0.178. The summed E-state index contributed by atoms with van der Waals surface area (Å²) >= 11 is 0. The minimum Gasteiger partial charge on any atom is -0.469 e. The van der Waals surface area contributed by atoms with Crippen molar-refractivity contribution in [1.82, 2.24) is 0 Å². The lowest BCUT2D eigenvalue weighted by molar-refractivity contribution is -0.140. The number of esters is 1. The highest BCUT2D eigenvalue weighted by Crippen LogP contribution is 2.14. The number of aliphatic hydroxyl groups excluding tert-OH is 1. The molecule has 0 spiro atoms. The Balaban J connectivity index is 3.15. The van der Waals surface area contributed by atoms with Crippen molar-refractivity contribution in [2.24, 2.45) is 0 Å². The van der Waals surface area contributed by atoms with Gasteiger partial charge in [0.15, 0.2) is 0 Å². The number of carbonyl (C=O) groups excluding carboxylic acids is 1. The fourth-order valence-corrected chi connectivity index (χ4v) is 3.13. The highest BCUT2D eigenvalue weighted by atomic mass is 16.5. The first-order valence-corrected chi connectivity index (χ1v) is 10.5. The maximum absolute atomic E-state index is 11.0. The Morgan fingerprint density at radius 1 is 0.750 bits per heavy atom. The molecule has 24 heavy (non-hydrogen) atoms. The van der Waals surface area contributed by atoms with Gasteiger partial charge in [-0.05, 0) is 19.3 Å². The third-order valence-electron chi connectivity index (χ3n) is 4.79. The average molecular weight is 343 g/mol. The van der Waals surface area contributed by atoms with Crippen molar-refractivity contribution in [3.05, 3.63) is 0 Å². The molecule has 0 fully saturated rings. The summed E-state index contributed by atoms with van der Waals surface area (Å²) < 4.78 is 4.59. The van der Waals surface area contributed by atoms with Gasteiger partial charge in [-0.1, -0.05) is 90.4 Å². The number of unbranched alkanes of at least 4 members (excludes halogenated alkanes) is 12. The van der Waals surface area contributed by atoms with E-state index >= 15 is 0 Å². The van der Waals surface area contributed by atoms with Crippen LogP contribution >= 0.6 is 0 Å². The minimum atomic E-state index is -0.248. The first kappa shape index (κ1) is 23.4. The number of carbonyl (C=O) groups is 1. The van der Waals surface area contributed by atoms with Crippen LogP contribution in [0.4, 0.5) is 0 Å². The van der Waals surface area contributed by atoms with E-state index in [-0.39, 0.29) is 12.1 Å². The third-order valence-corrected chi connectivity index (χ3v) is 4.79. The maximum atomic E-state index is 11.0. The Morgan fingerprint density at radius 3 is 1.62 bits per heavy atom. The Labute approximate surface area is 150 Å². The number of ether oxygens (including phenoxy) is 1. The summed E-state index contributed by atoms with van der Waals surface area (Å²) in [6.07, 6.45) is 20.1. The molecule has 1 unspecified atom stereocenters. The highest BCUT2D eigenvalue weighted by molar-refractivity contribution is 5.68. The largest absolute Gasteiger partial charge is 0.469 e. The van der Waals surface area contributed by atoms with Gasteiger partial charge in [0.05, 0.1) is 13.2 Å². The van der Waals surface area contributed by atoms with Crippen molar-refractivity contribution in [1.29, 1.82) is 0 Å². The normalized spacial score (nSPS) is 12.3. The first-order chi connectivity index (χ1) is 11.7. The highest BCUT2D eigenvalue weighted by Gasteiger charge is 2.06. The van der Waals surface area contributed by atoms with E-state index in [0.717, 1.165) is 19.3 Å². The van der Waals surface area contributed by atoms with E-state index < -0.39 is 0 Å². The molecule has 0 aliphatic rings. The van der Waals surface area contributed by atoms with Crippen LogP contribution in [0.15, 0.2) is 0 Å². The van der Waals surface area contributed by atoms with Gasteiger partial charge < -0.3 is 9.84 Å². The fraction of sp³-hybridized carbons (Fsp3) is 0.952. The molecule has 0 saturated carbocycles. The molecule has 0 aromatic heterocycles. The molecule has 0 heterocycles. The van der Waals surface area contributed by atoms with Crippen LogP contribution < -0.4 is 0 Å². The van der Waals surface area contributed by atoms with E-state index in [1.165, 1.54) is 84.2 Å². The van der Waals surface area contributed by atoms with Crippen LogP contribution in [0.5, 0.6) is 0 Å². The van der Waals surface area contributed by atoms with E-state index in [1.807, 2.05) is 0 Å². The molecule has 0 aliphatic carbocycles. The predicted molar refractivity (Wildman–Crippen MR) is 102 cm³/mol. The van der Waals surface area contributed by atoms with Gasteiger partial charge in [0, 0.05) is 6.42 Å². The Bertz CT molecular complexity index is 266. The number of aliphatic hydroxyl groups is 1. The first-order valence-electron chi connectivity index (χ1n) is 10.5. The van der Waals surface area contributed by atoms with Crippen LogP contribution in [0.25, 0.3) is 0 Å². The molecule has 1 N–H and O–H groups in total. The molecule has 0 saturated heterocycles. The summed E-state index contributed by atoms with van der Waals surface area (Å²) in [4.78, 5) is 11.0. The Hall–Kier alpha value is -0.570. The second-order valence-electron chi connectivity index (χ2n) is 7.15. The van der Waals surface area contributed by atoms with Crippen LogP contribution in [0, 0.1) is 0 Å². The monoisotopic (exact) mass is 342 g/mol. The van der Waals surface area contributed by atoms with Crippen molar-refractivity contribution in [3.63, 3.8) is 0 Å². The molecule has 0 radical (unpaired) electrons. The van der Waals surface area contributed by atoms with Crippen LogP contribution in [-0.4, -0.2) is 24.3 Å². The van der Waals surface area contributed by atoms with Gasteiger partial charge in [-0.3, -0.25) is 4.79 Å². The van der Waals surface area contributed by atoms with Gasteiger partial charge in [-0.15, -0.1) is 0 Å². The van der Waals surface area contributed by atoms with Crippen LogP contribution in [0.3, 0.4) is 0 Å². The standard InChI is InChI=1S/C21H42O3/c1-3-4-5-6-7-8-9-10-11-12-13-14-15-17-20(22)18-16-19-21(23)24-2/h20,22H,3-19H2,1-2H3. The second kappa shape index (κ2) is 18.8. The lowest BCUT2D eigenvalue weighted by Gasteiger charge is -2.09. The number of rotatable bonds is 18. The summed E-state index contributed by atoms with van der Waals surface area (Å²) in [5.41, 5.74) is 0. The molecule has 0 rings (SSSR count). The van der Waals surface area contributed by atoms with E-state index in [9.17, 15) is 9.90 Å². The molecule has 0 amide bonds. The maximum Gasteiger partial charge on any atom is 0.305 e. The van der Waals surface area contributed by atoms with Gasteiger partial charge in [-0.2, -0.15) is 0 Å². The number of methoxy groups -OCH3 is 1. The molecule has 0 aliphatic heterocycles. The summed E-state index contributed by atoms with van der Waals surface area (Å²) in [6.45, 7) is 2.27. The van der Waals surface area contributed by atoms with Gasteiger partial charge in [0.1, 0.15) is 0 Å². The van der Waals surface area contributed by atoms with Crippen LogP contribution in [0.2, 0.25) is 0 Å². The number of hydrogen-bond donors (Lipinski definition) is 1. The smallest absolute Gasteiger partial charge is 0.305 e. The third kappa shape index (κ3) is 17.8. The van der Waals surface area contributed by atoms with Crippen LogP contribution in [0.1, 0.15) is 116 Å². The topological polar surface area (TPSA) is 46.5 Å². The summed E-state index contributed by atoms with van der Waals surface area (Å²) in [6, 6.07) is 0. The average Bonchev–Trinajstić information content (AvgIpc) is 2.58. The Kier molecular flexibility index (Phi) is 18.3. The van der Waals surface area contributed by atoms with Gasteiger partial charge in [-0.25, -0.2) is 0 Å². The van der Waals surface area contributed by atoms with Gasteiger partial charge in [0.2, 0.25) is 0 Å². The van der Waals surface area contributed by atoms with E-state index in [2.05, 4.69) is 11.7 Å². The van der Waals surface area contributed by atoms with E-state index in [0.29, 0.717) is 12.8 Å². The van der Waals surface area contributed by atoms with Crippen molar-refractivity contribution in [3.8, 4) is 0 Å². The van der Waals surface area contributed by atoms with Gasteiger partial charge >= 0.3 is 5.97 Å². The zero-order valence-electron chi connectivity index (χ0n) is 16.4. The van der Waals surface area contributed by atoms with E-state index in [4.69, 9.17) is 0 Å². The zero-order chi connectivity index (χ0) is 17.9. The lowest BCUT2D eigenvalue weighted by atomic mass is 10.0. The van der Waals surface area contributed by atoms with E-state index in [1.54, 1.807) is 0 Å². The number of hydrogen-bond acceptors (Lipinski definition) is 3. The van der Waals surface area contributed by atoms with Crippen molar-refractivity contribution < 1.29 is 14.6 Å². The summed E-state index contributed by atoms with van der Waals surface area (Å²) in [7, 11) is 1.41.